The normalized spacial score (nSPS) is 18.2. The lowest BCUT2D eigenvalue weighted by Crippen LogP contribution is -2.29. The van der Waals surface area contributed by atoms with Crippen LogP contribution in [0.4, 0.5) is 5.69 Å². The number of Topliss-reactive ketones (excluding diaryl/α,β-unsaturated/α-hetero) is 1. The van der Waals surface area contributed by atoms with Crippen molar-refractivity contribution in [2.45, 2.75) is 46.1 Å². The lowest BCUT2D eigenvalue weighted by atomic mass is 9.84. The molecule has 0 spiro atoms. The molecule has 1 atom stereocenters. The number of carbonyl (C=O) groups is 2. The van der Waals surface area contributed by atoms with Crippen LogP contribution in [0.3, 0.4) is 0 Å². The van der Waals surface area contributed by atoms with Gasteiger partial charge in [0.15, 0.2) is 11.5 Å². The Hall–Kier alpha value is -4.26. The number of ether oxygens (including phenoxy) is 3. The van der Waals surface area contributed by atoms with Gasteiger partial charge >= 0.3 is 0 Å². The summed E-state index contributed by atoms with van der Waals surface area (Å²) >= 11 is 0. The fourth-order valence-corrected chi connectivity index (χ4v) is 4.99. The van der Waals surface area contributed by atoms with E-state index in [2.05, 4.69) is 20.8 Å². The molecule has 2 aliphatic rings. The predicted octanol–water partition coefficient (Wildman–Crippen LogP) is 6.05. The molecule has 1 saturated heterocycles. The average molecular weight is 514 g/mol. The number of aliphatic hydroxyl groups excluding tert-OH is 1. The van der Waals surface area contributed by atoms with Crippen LogP contribution in [0.1, 0.15) is 56.0 Å². The minimum absolute atomic E-state index is 0.0299. The Morgan fingerprint density at radius 3 is 2.50 bits per heavy atom. The molecule has 1 N–H and O–H groups in total. The van der Waals surface area contributed by atoms with Crippen LogP contribution in [-0.4, -0.2) is 30.2 Å². The Labute approximate surface area is 222 Å². The highest BCUT2D eigenvalue weighted by Gasteiger charge is 2.47. The Balaban J connectivity index is 1.71. The fraction of sp³-hybridized carbons (Fsp3) is 0.290. The second kappa shape index (κ2) is 9.56. The second-order valence-corrected chi connectivity index (χ2v) is 10.5. The molecule has 0 aliphatic carbocycles. The molecule has 3 aromatic carbocycles. The summed E-state index contributed by atoms with van der Waals surface area (Å²) in [5, 5.41) is 11.6. The van der Waals surface area contributed by atoms with Gasteiger partial charge in [0.25, 0.3) is 11.7 Å². The largest absolute Gasteiger partial charge is 0.507 e. The van der Waals surface area contributed by atoms with Crippen molar-refractivity contribution in [3.63, 3.8) is 0 Å². The van der Waals surface area contributed by atoms with E-state index < -0.39 is 17.7 Å². The fourth-order valence-electron chi connectivity index (χ4n) is 4.99. The van der Waals surface area contributed by atoms with Crippen LogP contribution in [0, 0.1) is 6.92 Å². The molecule has 2 heterocycles. The third-order valence-electron chi connectivity index (χ3n) is 6.80. The van der Waals surface area contributed by atoms with Crippen molar-refractivity contribution in [1.82, 2.24) is 0 Å². The van der Waals surface area contributed by atoms with Gasteiger partial charge in [0.2, 0.25) is 6.79 Å². The van der Waals surface area contributed by atoms with Gasteiger partial charge in [0.1, 0.15) is 11.5 Å². The summed E-state index contributed by atoms with van der Waals surface area (Å²) in [5.41, 5.74) is 3.24. The number of carbonyl (C=O) groups excluding carboxylic acids is 2. The highest BCUT2D eigenvalue weighted by Crippen LogP contribution is 2.45. The van der Waals surface area contributed by atoms with Gasteiger partial charge in [0.05, 0.1) is 18.2 Å². The summed E-state index contributed by atoms with van der Waals surface area (Å²) < 4.78 is 16.8. The number of aliphatic hydroxyl groups is 1. The zero-order valence-corrected chi connectivity index (χ0v) is 22.2. The molecule has 0 bridgehead atoms. The summed E-state index contributed by atoms with van der Waals surface area (Å²) in [6.07, 6.45) is 0. The van der Waals surface area contributed by atoms with Crippen LogP contribution in [-0.2, 0) is 15.0 Å². The van der Waals surface area contributed by atoms with Crippen LogP contribution in [0.2, 0.25) is 0 Å². The molecule has 7 heteroatoms. The highest BCUT2D eigenvalue weighted by molar-refractivity contribution is 6.51. The number of anilines is 1. The predicted molar refractivity (Wildman–Crippen MR) is 145 cm³/mol. The zero-order chi connectivity index (χ0) is 27.2. The van der Waals surface area contributed by atoms with Gasteiger partial charge in [-0.05, 0) is 55.2 Å². The lowest BCUT2D eigenvalue weighted by Gasteiger charge is -2.26. The number of fused-ring (bicyclic) bond motifs is 1. The van der Waals surface area contributed by atoms with Crippen molar-refractivity contribution in [2.24, 2.45) is 0 Å². The Morgan fingerprint density at radius 1 is 1.03 bits per heavy atom. The molecule has 196 valence electrons. The van der Waals surface area contributed by atoms with Gasteiger partial charge in [-0.3, -0.25) is 14.5 Å². The topological polar surface area (TPSA) is 85.3 Å². The smallest absolute Gasteiger partial charge is 0.300 e. The molecule has 38 heavy (non-hydrogen) atoms. The van der Waals surface area contributed by atoms with Gasteiger partial charge in [-0.1, -0.05) is 50.6 Å². The van der Waals surface area contributed by atoms with Crippen LogP contribution in [0.15, 0.2) is 66.2 Å². The van der Waals surface area contributed by atoms with Gasteiger partial charge in [-0.2, -0.15) is 0 Å². The van der Waals surface area contributed by atoms with Gasteiger partial charge in [0, 0.05) is 22.9 Å². The molecule has 1 amide bonds. The number of rotatable bonds is 5. The maximum Gasteiger partial charge on any atom is 0.300 e. The van der Waals surface area contributed by atoms with Crippen molar-refractivity contribution < 1.29 is 28.9 Å². The molecule has 1 unspecified atom stereocenters. The van der Waals surface area contributed by atoms with E-state index in [0.29, 0.717) is 40.7 Å². The van der Waals surface area contributed by atoms with Crippen molar-refractivity contribution in [2.75, 3.05) is 18.3 Å². The summed E-state index contributed by atoms with van der Waals surface area (Å²) in [7, 11) is 0. The molecule has 0 saturated carbocycles. The number of ketones is 1. The minimum atomic E-state index is -0.833. The monoisotopic (exact) mass is 513 g/mol. The number of benzene rings is 3. The van der Waals surface area contributed by atoms with Crippen LogP contribution >= 0.6 is 0 Å². The van der Waals surface area contributed by atoms with Crippen LogP contribution in [0.25, 0.3) is 5.76 Å². The van der Waals surface area contributed by atoms with Crippen molar-refractivity contribution in [3.05, 3.63) is 88.5 Å². The van der Waals surface area contributed by atoms with Gasteiger partial charge < -0.3 is 19.3 Å². The van der Waals surface area contributed by atoms with E-state index in [1.54, 1.807) is 30.3 Å². The molecule has 0 radical (unpaired) electrons. The van der Waals surface area contributed by atoms with Gasteiger partial charge in [-0.25, -0.2) is 0 Å². The van der Waals surface area contributed by atoms with E-state index in [1.807, 2.05) is 44.2 Å². The van der Waals surface area contributed by atoms with E-state index in [-0.39, 0.29) is 23.5 Å². The van der Waals surface area contributed by atoms with E-state index in [4.69, 9.17) is 14.2 Å². The van der Waals surface area contributed by atoms with E-state index in [9.17, 15) is 14.7 Å². The molecular weight excluding hydrogens is 482 g/mol. The molecule has 1 fully saturated rings. The standard InChI is InChI=1S/C31H31NO6/c1-6-36-23-12-10-20(15-22(23)31(3,4)5)28(33)26-27(19-9-7-8-18(2)14-19)32(30(35)29(26)34)21-11-13-24-25(16-21)38-17-37-24/h7-16,27,33H,6,17H2,1-5H3/b28-26+. The minimum Gasteiger partial charge on any atom is -0.507 e. The molecule has 0 aromatic heterocycles. The van der Waals surface area contributed by atoms with E-state index in [0.717, 1.165) is 11.1 Å². The average Bonchev–Trinajstić information content (AvgIpc) is 3.45. The first-order valence-corrected chi connectivity index (χ1v) is 12.6. The number of nitrogens with zero attached hydrogens (tertiary/aromatic N) is 1. The summed E-state index contributed by atoms with van der Waals surface area (Å²) in [6.45, 7) is 10.6. The number of amides is 1. The molecule has 5 rings (SSSR count). The third-order valence-corrected chi connectivity index (χ3v) is 6.80. The molecule has 7 nitrogen and oxygen atoms in total. The Bertz CT molecular complexity index is 1470. The molecular formula is C31H31NO6. The number of hydrogen-bond donors (Lipinski definition) is 1. The van der Waals surface area contributed by atoms with Crippen molar-refractivity contribution in [3.8, 4) is 17.2 Å². The summed E-state index contributed by atoms with van der Waals surface area (Å²) in [4.78, 5) is 28.5. The quantitative estimate of drug-likeness (QED) is 0.254. The lowest BCUT2D eigenvalue weighted by molar-refractivity contribution is -0.132. The van der Waals surface area contributed by atoms with Crippen LogP contribution in [0.5, 0.6) is 17.2 Å². The first kappa shape index (κ1) is 25.4. The SMILES string of the molecule is CCOc1ccc(/C(O)=C2\C(=O)C(=O)N(c3ccc4c(c3)OCO4)C2c2cccc(C)c2)cc1C(C)(C)C. The summed E-state index contributed by atoms with van der Waals surface area (Å²) in [5.74, 6) is 0.0753. The first-order chi connectivity index (χ1) is 18.1. The van der Waals surface area contributed by atoms with E-state index in [1.165, 1.54) is 4.90 Å². The third kappa shape index (κ3) is 4.38. The van der Waals surface area contributed by atoms with Gasteiger partial charge in [-0.15, -0.1) is 0 Å². The molecule has 2 aliphatic heterocycles. The number of aryl methyl sites for hydroxylation is 1. The summed E-state index contributed by atoms with van der Waals surface area (Å²) in [6, 6.07) is 17.2. The maximum absolute atomic E-state index is 13.6. The van der Waals surface area contributed by atoms with Crippen LogP contribution < -0.4 is 19.1 Å². The van der Waals surface area contributed by atoms with Crippen molar-refractivity contribution in [1.29, 1.82) is 0 Å². The van der Waals surface area contributed by atoms with Crippen molar-refractivity contribution >= 4 is 23.1 Å². The zero-order valence-electron chi connectivity index (χ0n) is 22.2. The number of hydrogen-bond acceptors (Lipinski definition) is 6. The second-order valence-electron chi connectivity index (χ2n) is 10.5. The Kier molecular flexibility index (Phi) is 6.39. The first-order valence-electron chi connectivity index (χ1n) is 12.6. The highest BCUT2D eigenvalue weighted by atomic mass is 16.7. The molecule has 3 aromatic rings. The van der Waals surface area contributed by atoms with E-state index >= 15 is 0 Å². The Morgan fingerprint density at radius 2 is 1.79 bits per heavy atom. The maximum atomic E-state index is 13.6.